The first kappa shape index (κ1) is 17.5. The standard InChI is InChI=1S/C20H19N5OS/c1-11-5-7-15-14(8-11)18-19(22-15)23-20(25-24-18)27-10-17(26)21-16-9-12(2)4-6-13(16)3/h4-9H,10H2,1-3H3,(H,21,26)(H,22,23,25). The van der Waals surface area contributed by atoms with E-state index in [0.717, 1.165) is 38.8 Å². The monoisotopic (exact) mass is 377 g/mol. The van der Waals surface area contributed by atoms with Crippen LogP contribution < -0.4 is 5.32 Å². The number of carbonyl (C=O) groups is 1. The zero-order valence-corrected chi connectivity index (χ0v) is 16.1. The van der Waals surface area contributed by atoms with Gasteiger partial charge in [-0.25, -0.2) is 4.98 Å². The summed E-state index contributed by atoms with van der Waals surface area (Å²) >= 11 is 1.27. The van der Waals surface area contributed by atoms with Crippen molar-refractivity contribution in [3.8, 4) is 0 Å². The van der Waals surface area contributed by atoms with Crippen LogP contribution in [0.15, 0.2) is 41.6 Å². The van der Waals surface area contributed by atoms with Gasteiger partial charge in [0, 0.05) is 16.6 Å². The lowest BCUT2D eigenvalue weighted by molar-refractivity contribution is -0.113. The Morgan fingerprint density at radius 3 is 2.70 bits per heavy atom. The third-order valence-corrected chi connectivity index (χ3v) is 5.19. The van der Waals surface area contributed by atoms with Gasteiger partial charge in [-0.05, 0) is 50.1 Å². The molecule has 0 aliphatic heterocycles. The summed E-state index contributed by atoms with van der Waals surface area (Å²) in [5.41, 5.74) is 6.54. The normalized spacial score (nSPS) is 11.2. The second-order valence-corrected chi connectivity index (χ2v) is 7.56. The molecule has 0 unspecified atom stereocenters. The van der Waals surface area contributed by atoms with E-state index < -0.39 is 0 Å². The largest absolute Gasteiger partial charge is 0.338 e. The van der Waals surface area contributed by atoms with Crippen molar-refractivity contribution in [2.75, 3.05) is 11.1 Å². The van der Waals surface area contributed by atoms with E-state index in [0.29, 0.717) is 10.8 Å². The summed E-state index contributed by atoms with van der Waals surface area (Å²) in [5, 5.41) is 12.9. The Morgan fingerprint density at radius 1 is 1.07 bits per heavy atom. The van der Waals surface area contributed by atoms with Gasteiger partial charge in [0.1, 0.15) is 5.52 Å². The Balaban J connectivity index is 1.49. The molecule has 0 radical (unpaired) electrons. The van der Waals surface area contributed by atoms with Crippen molar-refractivity contribution in [3.05, 3.63) is 53.1 Å². The lowest BCUT2D eigenvalue weighted by Crippen LogP contribution is -2.15. The number of nitrogens with zero attached hydrogens (tertiary/aromatic N) is 3. The van der Waals surface area contributed by atoms with Crippen LogP contribution in [0.3, 0.4) is 0 Å². The van der Waals surface area contributed by atoms with Crippen LogP contribution in [0.2, 0.25) is 0 Å². The van der Waals surface area contributed by atoms with Gasteiger partial charge in [0.15, 0.2) is 5.65 Å². The van der Waals surface area contributed by atoms with Gasteiger partial charge in [-0.1, -0.05) is 35.5 Å². The van der Waals surface area contributed by atoms with Crippen molar-refractivity contribution in [1.29, 1.82) is 0 Å². The van der Waals surface area contributed by atoms with E-state index in [4.69, 9.17) is 0 Å². The molecule has 0 saturated heterocycles. The molecule has 6 nitrogen and oxygen atoms in total. The number of amides is 1. The molecule has 0 fully saturated rings. The van der Waals surface area contributed by atoms with E-state index in [1.165, 1.54) is 11.8 Å². The van der Waals surface area contributed by atoms with Gasteiger partial charge in [-0.15, -0.1) is 10.2 Å². The minimum atomic E-state index is -0.0929. The van der Waals surface area contributed by atoms with Crippen molar-refractivity contribution in [2.45, 2.75) is 25.9 Å². The summed E-state index contributed by atoms with van der Waals surface area (Å²) in [5.74, 6) is 0.129. The van der Waals surface area contributed by atoms with Crippen LogP contribution in [-0.4, -0.2) is 31.8 Å². The fourth-order valence-electron chi connectivity index (χ4n) is 2.92. The van der Waals surface area contributed by atoms with Crippen molar-refractivity contribution in [3.63, 3.8) is 0 Å². The molecule has 136 valence electrons. The van der Waals surface area contributed by atoms with Gasteiger partial charge >= 0.3 is 0 Å². The van der Waals surface area contributed by atoms with Gasteiger partial charge in [0.05, 0.1) is 5.75 Å². The van der Waals surface area contributed by atoms with Crippen LogP contribution in [0.5, 0.6) is 0 Å². The number of H-pyrrole nitrogens is 1. The molecule has 27 heavy (non-hydrogen) atoms. The third-order valence-electron chi connectivity index (χ3n) is 4.35. The fraction of sp³-hybridized carbons (Fsp3) is 0.200. The van der Waals surface area contributed by atoms with Crippen LogP contribution in [0.25, 0.3) is 22.1 Å². The molecular formula is C20H19N5OS. The second kappa shape index (κ2) is 7.00. The first-order valence-corrected chi connectivity index (χ1v) is 9.61. The zero-order chi connectivity index (χ0) is 19.0. The number of fused-ring (bicyclic) bond motifs is 3. The summed E-state index contributed by atoms with van der Waals surface area (Å²) in [6.45, 7) is 6.01. The van der Waals surface area contributed by atoms with E-state index in [1.807, 2.05) is 51.1 Å². The highest BCUT2D eigenvalue weighted by Gasteiger charge is 2.12. The Hall–Kier alpha value is -2.93. The lowest BCUT2D eigenvalue weighted by Gasteiger charge is -2.08. The molecule has 1 amide bonds. The smallest absolute Gasteiger partial charge is 0.234 e. The maximum absolute atomic E-state index is 12.3. The van der Waals surface area contributed by atoms with Gasteiger partial charge in [0.25, 0.3) is 0 Å². The SMILES string of the molecule is Cc1ccc(C)c(NC(=O)CSc2nnc3c(n2)[nH]c2ccc(C)cc23)c1. The highest BCUT2D eigenvalue weighted by atomic mass is 32.2. The average molecular weight is 377 g/mol. The van der Waals surface area contributed by atoms with Crippen LogP contribution in [0.4, 0.5) is 5.69 Å². The first-order chi connectivity index (χ1) is 13.0. The van der Waals surface area contributed by atoms with Crippen LogP contribution in [0.1, 0.15) is 16.7 Å². The van der Waals surface area contributed by atoms with Crippen LogP contribution in [0, 0.1) is 20.8 Å². The topological polar surface area (TPSA) is 83.6 Å². The third kappa shape index (κ3) is 3.64. The highest BCUT2D eigenvalue weighted by Crippen LogP contribution is 2.24. The van der Waals surface area contributed by atoms with E-state index in [-0.39, 0.29) is 11.7 Å². The zero-order valence-electron chi connectivity index (χ0n) is 15.3. The van der Waals surface area contributed by atoms with Crippen molar-refractivity contribution >= 4 is 45.4 Å². The molecule has 4 aromatic rings. The minimum absolute atomic E-state index is 0.0929. The van der Waals surface area contributed by atoms with E-state index in [9.17, 15) is 4.79 Å². The number of anilines is 1. The Morgan fingerprint density at radius 2 is 1.85 bits per heavy atom. The van der Waals surface area contributed by atoms with Crippen molar-refractivity contribution in [1.82, 2.24) is 20.2 Å². The molecule has 2 N–H and O–H groups in total. The quantitative estimate of drug-likeness (QED) is 0.522. The lowest BCUT2D eigenvalue weighted by atomic mass is 10.1. The van der Waals surface area contributed by atoms with Crippen LogP contribution >= 0.6 is 11.8 Å². The molecule has 0 aliphatic carbocycles. The number of rotatable bonds is 4. The average Bonchev–Trinajstić information content (AvgIpc) is 3.00. The van der Waals surface area contributed by atoms with Crippen molar-refractivity contribution < 1.29 is 4.79 Å². The summed E-state index contributed by atoms with van der Waals surface area (Å²) in [6, 6.07) is 12.1. The molecule has 7 heteroatoms. The number of aryl methyl sites for hydroxylation is 3. The summed E-state index contributed by atoms with van der Waals surface area (Å²) in [7, 11) is 0. The van der Waals surface area contributed by atoms with E-state index >= 15 is 0 Å². The predicted molar refractivity (Wildman–Crippen MR) is 109 cm³/mol. The molecule has 0 bridgehead atoms. The van der Waals surface area contributed by atoms with Gasteiger partial charge in [-0.3, -0.25) is 4.79 Å². The van der Waals surface area contributed by atoms with E-state index in [2.05, 4.69) is 31.5 Å². The summed E-state index contributed by atoms with van der Waals surface area (Å²) in [6.07, 6.45) is 0. The molecule has 0 saturated carbocycles. The second-order valence-electron chi connectivity index (χ2n) is 6.62. The molecule has 0 aliphatic rings. The number of benzene rings is 2. The maximum Gasteiger partial charge on any atom is 0.234 e. The number of aromatic nitrogens is 4. The summed E-state index contributed by atoms with van der Waals surface area (Å²) in [4.78, 5) is 20.0. The highest BCUT2D eigenvalue weighted by molar-refractivity contribution is 7.99. The van der Waals surface area contributed by atoms with E-state index in [1.54, 1.807) is 0 Å². The number of hydrogen-bond donors (Lipinski definition) is 2. The summed E-state index contributed by atoms with van der Waals surface area (Å²) < 4.78 is 0. The van der Waals surface area contributed by atoms with Crippen molar-refractivity contribution in [2.24, 2.45) is 0 Å². The minimum Gasteiger partial charge on any atom is -0.338 e. The molecule has 2 aromatic carbocycles. The first-order valence-electron chi connectivity index (χ1n) is 8.62. The van der Waals surface area contributed by atoms with Crippen LogP contribution in [-0.2, 0) is 4.79 Å². The number of carbonyl (C=O) groups excluding carboxylic acids is 1. The number of hydrogen-bond acceptors (Lipinski definition) is 5. The Kier molecular flexibility index (Phi) is 4.53. The number of thioether (sulfide) groups is 1. The Bertz CT molecular complexity index is 1170. The van der Waals surface area contributed by atoms with Gasteiger partial charge in [0.2, 0.25) is 11.1 Å². The molecule has 2 heterocycles. The molecule has 0 spiro atoms. The Labute approximate surface area is 160 Å². The van der Waals surface area contributed by atoms with Gasteiger partial charge in [-0.2, -0.15) is 0 Å². The number of nitrogens with one attached hydrogen (secondary N) is 2. The maximum atomic E-state index is 12.3. The number of aromatic amines is 1. The predicted octanol–water partition coefficient (Wildman–Crippen LogP) is 4.16. The van der Waals surface area contributed by atoms with Gasteiger partial charge < -0.3 is 10.3 Å². The molecular weight excluding hydrogens is 358 g/mol. The molecule has 2 aromatic heterocycles. The molecule has 4 rings (SSSR count). The molecule has 0 atom stereocenters. The fourth-order valence-corrected chi connectivity index (χ4v) is 3.51.